The molecule has 0 saturated heterocycles. The molecular weight excluding hydrogens is 1400 g/mol. The third-order valence-electron chi connectivity index (χ3n) is 18.2. The number of benzene rings is 6. The van der Waals surface area contributed by atoms with Crippen molar-refractivity contribution in [1.82, 2.24) is 59.0 Å². The van der Waals surface area contributed by atoms with E-state index in [0.29, 0.717) is 29.3 Å². The van der Waals surface area contributed by atoms with Crippen LogP contribution >= 0.6 is 15.9 Å². The van der Waals surface area contributed by atoms with Crippen LogP contribution in [0.5, 0.6) is 0 Å². The number of nitrogens with zero attached hydrogens (tertiary/aromatic N) is 11. The van der Waals surface area contributed by atoms with E-state index < -0.39 is 59.0 Å². The average molecular weight is 1460 g/mol. The van der Waals surface area contributed by atoms with Crippen LogP contribution in [-0.4, -0.2) is 76.1 Å². The molecule has 12 aromatic heterocycles. The van der Waals surface area contributed by atoms with Crippen molar-refractivity contribution in [3.63, 3.8) is 0 Å². The molecule has 0 aliphatic heterocycles. The number of hydrogen-bond donors (Lipinski definition) is 3. The summed E-state index contributed by atoms with van der Waals surface area (Å²) in [5, 5.41) is 22.6. The lowest BCUT2D eigenvalue weighted by Crippen LogP contribution is -2.37. The number of H-pyrrole nitrogens is 1. The molecule has 22 heteroatoms. The molecule has 3 N–H and O–H groups in total. The molecule has 6 aromatic carbocycles. The van der Waals surface area contributed by atoms with Crippen LogP contribution in [0.2, 0.25) is 0 Å². The molecule has 0 atom stereocenters. The lowest BCUT2D eigenvalue weighted by atomic mass is 9.76. The van der Waals surface area contributed by atoms with Gasteiger partial charge in [0.1, 0.15) is 50.1 Å². The Bertz CT molecular complexity index is 5960. The normalized spacial score (nSPS) is 11.5. The lowest BCUT2D eigenvalue weighted by Gasteiger charge is -2.38. The van der Waals surface area contributed by atoms with Crippen molar-refractivity contribution < 1.29 is 36.4 Å². The van der Waals surface area contributed by atoms with Crippen LogP contribution in [0.25, 0.3) is 88.3 Å². The van der Waals surface area contributed by atoms with Crippen molar-refractivity contribution in [3.05, 3.63) is 384 Å². The highest BCUT2D eigenvalue weighted by atomic mass is 79.9. The molecule has 14 nitrogen and oxygen atoms in total. The van der Waals surface area contributed by atoms with Crippen LogP contribution in [0.4, 0.5) is 26.3 Å². The second kappa shape index (κ2) is 29.2. The second-order valence-electron chi connectivity index (χ2n) is 24.2. The number of rotatable bonds is 11. The van der Waals surface area contributed by atoms with Gasteiger partial charge in [-0.15, -0.1) is 0 Å². The molecule has 12 heterocycles. The minimum atomic E-state index is -2.03. The molecular formula is C83H54BBrF6N12O2. The first-order valence-corrected chi connectivity index (χ1v) is 33.6. The summed E-state index contributed by atoms with van der Waals surface area (Å²) in [5.41, 5.74) is 10.1. The van der Waals surface area contributed by atoms with E-state index in [1.807, 2.05) is 104 Å². The Morgan fingerprint density at radius 1 is 0.352 bits per heavy atom. The Hall–Kier alpha value is -12.9. The highest BCUT2D eigenvalue weighted by Crippen LogP contribution is 2.48. The van der Waals surface area contributed by atoms with E-state index >= 15 is 0 Å². The van der Waals surface area contributed by atoms with Crippen molar-refractivity contribution in [3.8, 4) is 22.5 Å². The summed E-state index contributed by atoms with van der Waals surface area (Å²) >= 11 is 3.62. The van der Waals surface area contributed by atoms with Gasteiger partial charge in [-0.1, -0.05) is 182 Å². The van der Waals surface area contributed by atoms with Gasteiger partial charge in [-0.2, -0.15) is 13.2 Å². The summed E-state index contributed by atoms with van der Waals surface area (Å²) in [6.07, 6.45) is 13.2. The van der Waals surface area contributed by atoms with Gasteiger partial charge in [-0.05, 0) is 122 Å². The fraction of sp³-hybridized carbons (Fsp3) is 0.0241. The Kier molecular flexibility index (Phi) is 18.9. The summed E-state index contributed by atoms with van der Waals surface area (Å²) in [4.78, 5) is 40.4. The predicted molar refractivity (Wildman–Crippen MR) is 399 cm³/mol. The SMILES string of the molecule is Brc1ccc2c3cnccc3n(C(c3ccccc3)(c3ccccc3)c3ccccc3)c2n1.Fc1cnc(F)c(-c2ccc3c(n2)[nH]c2ccncc23)c1.Fc1cnc(F)c(-c2ccc3c4cnccc4n(C(c4ccccc4)(c4ccccc4)c4ccccc4)c3n2)c1.OB(O)c1cc(F)cnc1F. The Morgan fingerprint density at radius 3 is 1.13 bits per heavy atom. The summed E-state index contributed by atoms with van der Waals surface area (Å²) in [6.45, 7) is 0. The van der Waals surface area contributed by atoms with Crippen LogP contribution in [0, 0.1) is 35.3 Å². The highest BCUT2D eigenvalue weighted by molar-refractivity contribution is 9.10. The molecule has 0 radical (unpaired) electrons. The predicted octanol–water partition coefficient (Wildman–Crippen LogP) is 17.4. The molecule has 0 unspecified atom stereocenters. The van der Waals surface area contributed by atoms with E-state index in [0.717, 1.165) is 100 Å². The summed E-state index contributed by atoms with van der Waals surface area (Å²) in [5.74, 6) is -4.65. The van der Waals surface area contributed by atoms with E-state index in [1.54, 1.807) is 30.7 Å². The van der Waals surface area contributed by atoms with Gasteiger partial charge in [-0.3, -0.25) is 15.0 Å². The van der Waals surface area contributed by atoms with Crippen LogP contribution in [0.3, 0.4) is 0 Å². The zero-order chi connectivity index (χ0) is 72.2. The van der Waals surface area contributed by atoms with Crippen molar-refractivity contribution in [2.75, 3.05) is 0 Å². The van der Waals surface area contributed by atoms with Crippen molar-refractivity contribution in [2.45, 2.75) is 11.1 Å². The Morgan fingerprint density at radius 2 is 0.714 bits per heavy atom. The lowest BCUT2D eigenvalue weighted by molar-refractivity contribution is 0.421. The third-order valence-corrected chi connectivity index (χ3v) is 18.6. The maximum atomic E-state index is 14.9. The van der Waals surface area contributed by atoms with Gasteiger partial charge in [0.15, 0.2) is 0 Å². The van der Waals surface area contributed by atoms with E-state index in [-0.39, 0.29) is 16.8 Å². The summed E-state index contributed by atoms with van der Waals surface area (Å²) in [6, 6.07) is 82.8. The Labute approximate surface area is 603 Å². The zero-order valence-corrected chi connectivity index (χ0v) is 56.6. The number of nitrogens with one attached hydrogen (secondary N) is 1. The van der Waals surface area contributed by atoms with Crippen molar-refractivity contribution in [1.29, 1.82) is 0 Å². The monoisotopic (exact) mass is 1450 g/mol. The largest absolute Gasteiger partial charge is 0.493 e. The van der Waals surface area contributed by atoms with Gasteiger partial charge in [0, 0.05) is 75.0 Å². The fourth-order valence-electron chi connectivity index (χ4n) is 13.7. The molecule has 0 fully saturated rings. The number of hydrogen-bond acceptors (Lipinski definition) is 11. The van der Waals surface area contributed by atoms with Gasteiger partial charge >= 0.3 is 7.12 Å². The second-order valence-corrected chi connectivity index (χ2v) is 25.0. The quantitative estimate of drug-likeness (QED) is 0.0485. The molecule has 0 saturated carbocycles. The molecule has 0 bridgehead atoms. The van der Waals surface area contributed by atoms with Gasteiger partial charge in [0.05, 0.1) is 57.7 Å². The van der Waals surface area contributed by atoms with E-state index in [4.69, 9.17) is 20.0 Å². The number of aromatic amines is 1. The standard InChI is InChI=1S/C34H22F2N4.C29H20BrN3.C15H8F2N4.C5H4BF2NO2/c35-26-20-28(32(36)38-21-26)30-17-16-27-29-22-37-19-18-31(29)40(33(27)39-30)34(23-10-4-1-5-11-23,24-12-6-2-7-13-24)25-14-8-3-9-15-25;30-27-17-16-24-25-20-31-19-18-26(25)33(28(24)32-27)29(21-10-4-1-5-11-21,22-12-6-2-7-13-22)23-14-8-3-9-15-23;16-8-5-10(14(17)19-6-8)12-2-1-9-11-7-18-4-3-13(11)21-15(9)20-12;7-3-1-4(6(10)11)5(8)9-2-3/h1-22H;1-20H;1-7H,(H,20,21);1-2,10-11H. The van der Waals surface area contributed by atoms with Crippen LogP contribution in [0.1, 0.15) is 33.4 Å². The van der Waals surface area contributed by atoms with E-state index in [2.05, 4.69) is 204 Å². The maximum Gasteiger partial charge on any atom is 0.493 e. The van der Waals surface area contributed by atoms with Gasteiger partial charge in [0.25, 0.3) is 0 Å². The smallest absolute Gasteiger partial charge is 0.423 e. The molecule has 510 valence electrons. The number of halogens is 7. The number of aromatic nitrogens is 12. The summed E-state index contributed by atoms with van der Waals surface area (Å²) < 4.78 is 86.1. The molecule has 18 rings (SSSR count). The number of fused-ring (bicyclic) bond motifs is 9. The van der Waals surface area contributed by atoms with Crippen LogP contribution in [-0.2, 0) is 11.1 Å². The van der Waals surface area contributed by atoms with Gasteiger partial charge in [0.2, 0.25) is 17.8 Å². The van der Waals surface area contributed by atoms with Crippen molar-refractivity contribution in [2.24, 2.45) is 0 Å². The molecule has 105 heavy (non-hydrogen) atoms. The molecule has 18 aromatic rings. The van der Waals surface area contributed by atoms with Gasteiger partial charge in [-0.25, -0.2) is 43.1 Å². The topological polar surface area (TPSA) is 182 Å². The first-order chi connectivity index (χ1) is 51.3. The van der Waals surface area contributed by atoms with Crippen molar-refractivity contribution >= 4 is 94.3 Å². The molecule has 0 aliphatic rings. The minimum Gasteiger partial charge on any atom is -0.423 e. The molecule has 0 amide bonds. The maximum absolute atomic E-state index is 14.9. The van der Waals surface area contributed by atoms with E-state index in [9.17, 15) is 26.3 Å². The zero-order valence-electron chi connectivity index (χ0n) is 55.0. The third kappa shape index (κ3) is 12.8. The summed E-state index contributed by atoms with van der Waals surface area (Å²) in [7, 11) is -2.03. The molecule has 0 spiro atoms. The van der Waals surface area contributed by atoms with E-state index in [1.165, 1.54) is 16.7 Å². The first kappa shape index (κ1) is 67.9. The average Bonchev–Trinajstić information content (AvgIpc) is 1.61. The van der Waals surface area contributed by atoms with Crippen LogP contribution < -0.4 is 5.46 Å². The minimum absolute atomic E-state index is 0.00145. The molecule has 0 aliphatic carbocycles. The fourth-order valence-corrected chi connectivity index (χ4v) is 14.0. The van der Waals surface area contributed by atoms with Crippen LogP contribution in [0.15, 0.2) is 315 Å². The number of pyridine rings is 9. The highest BCUT2D eigenvalue weighted by Gasteiger charge is 2.43. The van der Waals surface area contributed by atoms with Gasteiger partial charge < -0.3 is 24.2 Å². The Balaban J connectivity index is 0.000000122. The first-order valence-electron chi connectivity index (χ1n) is 32.8.